The molecule has 1 rings (SSSR count). The number of carbonyl (C=O) groups excluding carboxylic acids is 1. The fraction of sp³-hybridized carbons (Fsp3) is 0.571. The average molecular weight is 219 g/mol. The van der Waals surface area contributed by atoms with Gasteiger partial charge < -0.3 is 0 Å². The van der Waals surface area contributed by atoms with Crippen LogP contribution in [0.25, 0.3) is 0 Å². The van der Waals surface area contributed by atoms with Crippen LogP contribution in [0.3, 0.4) is 0 Å². The minimum Gasteiger partial charge on any atom is -0.299 e. The second-order valence-electron chi connectivity index (χ2n) is 5.54. The lowest BCUT2D eigenvalue weighted by atomic mass is 9.79. The second-order valence-corrected chi connectivity index (χ2v) is 5.54. The van der Waals surface area contributed by atoms with E-state index in [1.807, 2.05) is 12.1 Å². The van der Waals surface area contributed by atoms with Gasteiger partial charge in [-0.2, -0.15) is 0 Å². The molecule has 0 saturated carbocycles. The Hall–Kier alpha value is -1.18. The molecule has 0 spiro atoms. The van der Waals surface area contributed by atoms with Gasteiger partial charge in [0.05, 0.1) is 0 Å². The number of aromatic nitrogens is 1. The summed E-state index contributed by atoms with van der Waals surface area (Å²) in [4.78, 5) is 15.8. The molecule has 1 heterocycles. The van der Waals surface area contributed by atoms with Gasteiger partial charge in [0.1, 0.15) is 5.78 Å². The van der Waals surface area contributed by atoms with Gasteiger partial charge in [0.2, 0.25) is 0 Å². The maximum Gasteiger partial charge on any atom is 0.137 e. The van der Waals surface area contributed by atoms with Crippen LogP contribution in [0.4, 0.5) is 0 Å². The monoisotopic (exact) mass is 219 g/mol. The molecule has 2 heteroatoms. The van der Waals surface area contributed by atoms with Crippen molar-refractivity contribution < 1.29 is 4.79 Å². The molecule has 1 aromatic heterocycles. The summed E-state index contributed by atoms with van der Waals surface area (Å²) in [5.41, 5.74) is 1.26. The molecular weight excluding hydrogens is 198 g/mol. The molecule has 2 nitrogen and oxygen atoms in total. The van der Waals surface area contributed by atoms with Crippen LogP contribution in [-0.4, -0.2) is 10.8 Å². The van der Waals surface area contributed by atoms with Gasteiger partial charge in [-0.05, 0) is 29.0 Å². The normalized spacial score (nSPS) is 13.5. The molecule has 16 heavy (non-hydrogen) atoms. The smallest absolute Gasteiger partial charge is 0.137 e. The van der Waals surface area contributed by atoms with Crippen molar-refractivity contribution in [3.63, 3.8) is 0 Å². The van der Waals surface area contributed by atoms with E-state index in [0.717, 1.165) is 5.56 Å². The summed E-state index contributed by atoms with van der Waals surface area (Å²) in [7, 11) is 0. The lowest BCUT2D eigenvalue weighted by Gasteiger charge is -2.26. The lowest BCUT2D eigenvalue weighted by molar-refractivity contribution is -0.120. The minimum atomic E-state index is 0.202. The van der Waals surface area contributed by atoms with Crippen molar-refractivity contribution in [3.8, 4) is 0 Å². The van der Waals surface area contributed by atoms with Crippen LogP contribution in [0.1, 0.15) is 39.7 Å². The van der Waals surface area contributed by atoms with Gasteiger partial charge in [0, 0.05) is 25.2 Å². The van der Waals surface area contributed by atoms with Crippen LogP contribution in [0, 0.1) is 11.3 Å². The van der Waals surface area contributed by atoms with Crippen molar-refractivity contribution in [2.24, 2.45) is 11.3 Å². The quantitative estimate of drug-likeness (QED) is 0.778. The molecule has 0 aromatic carbocycles. The fourth-order valence-electron chi connectivity index (χ4n) is 1.45. The fourth-order valence-corrected chi connectivity index (χ4v) is 1.45. The number of Topliss-reactive ketones (excluding diaryl/α,β-unsaturated/α-hetero) is 1. The summed E-state index contributed by atoms with van der Waals surface area (Å²) in [5, 5.41) is 0. The highest BCUT2D eigenvalue weighted by molar-refractivity contribution is 5.81. The van der Waals surface area contributed by atoms with Gasteiger partial charge in [-0.25, -0.2) is 0 Å². The van der Waals surface area contributed by atoms with Gasteiger partial charge in [-0.3, -0.25) is 9.78 Å². The Bertz CT molecular complexity index is 338. The first-order valence-corrected chi connectivity index (χ1v) is 5.80. The SMILES string of the molecule is CC(CC(=O)Cc1ccncc1)C(C)(C)C. The Morgan fingerprint density at radius 3 is 2.38 bits per heavy atom. The molecule has 0 fully saturated rings. The molecule has 0 amide bonds. The van der Waals surface area contributed by atoms with E-state index in [4.69, 9.17) is 0 Å². The number of hydrogen-bond acceptors (Lipinski definition) is 2. The van der Waals surface area contributed by atoms with Gasteiger partial charge in [-0.1, -0.05) is 27.7 Å². The maximum absolute atomic E-state index is 11.8. The van der Waals surface area contributed by atoms with Gasteiger partial charge in [-0.15, -0.1) is 0 Å². The Labute approximate surface area is 98.1 Å². The number of rotatable bonds is 4. The molecule has 88 valence electrons. The third-order valence-corrected chi connectivity index (χ3v) is 3.16. The van der Waals surface area contributed by atoms with Crippen molar-refractivity contribution in [2.45, 2.75) is 40.5 Å². The Kier molecular flexibility index (Phi) is 4.22. The van der Waals surface area contributed by atoms with E-state index in [-0.39, 0.29) is 5.41 Å². The number of carbonyl (C=O) groups is 1. The Morgan fingerprint density at radius 2 is 1.88 bits per heavy atom. The van der Waals surface area contributed by atoms with Crippen molar-refractivity contribution in [3.05, 3.63) is 30.1 Å². The molecule has 0 saturated heterocycles. The zero-order chi connectivity index (χ0) is 12.2. The molecule has 0 aliphatic carbocycles. The first-order chi connectivity index (χ1) is 7.39. The van der Waals surface area contributed by atoms with E-state index in [1.54, 1.807) is 12.4 Å². The predicted molar refractivity (Wildman–Crippen MR) is 66.2 cm³/mol. The number of pyridine rings is 1. The molecule has 0 bridgehead atoms. The number of ketones is 1. The van der Waals surface area contributed by atoms with E-state index in [2.05, 4.69) is 32.7 Å². The van der Waals surface area contributed by atoms with E-state index >= 15 is 0 Å². The molecular formula is C14H21NO. The molecule has 0 aliphatic rings. The molecule has 1 unspecified atom stereocenters. The predicted octanol–water partition coefficient (Wildman–Crippen LogP) is 3.27. The maximum atomic E-state index is 11.8. The standard InChI is InChI=1S/C14H21NO/c1-11(14(2,3)4)9-13(16)10-12-5-7-15-8-6-12/h5-8,11H,9-10H2,1-4H3. The van der Waals surface area contributed by atoms with Crippen molar-refractivity contribution in [1.82, 2.24) is 4.98 Å². The van der Waals surface area contributed by atoms with Crippen molar-refractivity contribution in [2.75, 3.05) is 0 Å². The first kappa shape index (κ1) is 12.9. The van der Waals surface area contributed by atoms with Crippen LogP contribution in [0.5, 0.6) is 0 Å². The summed E-state index contributed by atoms with van der Waals surface area (Å²) in [6.07, 6.45) is 4.65. The Balaban J connectivity index is 2.49. The molecule has 1 atom stereocenters. The summed E-state index contributed by atoms with van der Waals surface area (Å²) in [6, 6.07) is 3.80. The number of hydrogen-bond donors (Lipinski definition) is 0. The number of nitrogens with zero attached hydrogens (tertiary/aromatic N) is 1. The van der Waals surface area contributed by atoms with E-state index < -0.39 is 0 Å². The van der Waals surface area contributed by atoms with Crippen molar-refractivity contribution >= 4 is 5.78 Å². The zero-order valence-corrected chi connectivity index (χ0v) is 10.7. The lowest BCUT2D eigenvalue weighted by Crippen LogP contribution is -2.21. The summed E-state index contributed by atoms with van der Waals surface area (Å²) >= 11 is 0. The van der Waals surface area contributed by atoms with Gasteiger partial charge in [0.15, 0.2) is 0 Å². The van der Waals surface area contributed by atoms with Crippen molar-refractivity contribution in [1.29, 1.82) is 0 Å². The molecule has 0 N–H and O–H groups in total. The van der Waals surface area contributed by atoms with E-state index in [1.165, 1.54) is 0 Å². The third kappa shape index (κ3) is 4.13. The highest BCUT2D eigenvalue weighted by atomic mass is 16.1. The summed E-state index contributed by atoms with van der Waals surface area (Å²) < 4.78 is 0. The first-order valence-electron chi connectivity index (χ1n) is 5.80. The van der Waals surface area contributed by atoms with Crippen LogP contribution >= 0.6 is 0 Å². The largest absolute Gasteiger partial charge is 0.299 e. The Morgan fingerprint density at radius 1 is 1.31 bits per heavy atom. The van der Waals surface area contributed by atoms with Crippen LogP contribution in [0.2, 0.25) is 0 Å². The molecule has 0 radical (unpaired) electrons. The van der Waals surface area contributed by atoms with E-state index in [0.29, 0.717) is 24.5 Å². The van der Waals surface area contributed by atoms with Gasteiger partial charge in [0.25, 0.3) is 0 Å². The van der Waals surface area contributed by atoms with Crippen LogP contribution < -0.4 is 0 Å². The molecule has 0 aliphatic heterocycles. The minimum absolute atomic E-state index is 0.202. The third-order valence-electron chi connectivity index (χ3n) is 3.16. The summed E-state index contributed by atoms with van der Waals surface area (Å²) in [5.74, 6) is 0.732. The van der Waals surface area contributed by atoms with Gasteiger partial charge >= 0.3 is 0 Å². The second kappa shape index (κ2) is 5.24. The average Bonchev–Trinajstić information content (AvgIpc) is 2.17. The van der Waals surface area contributed by atoms with Crippen LogP contribution in [-0.2, 0) is 11.2 Å². The van der Waals surface area contributed by atoms with E-state index in [9.17, 15) is 4.79 Å². The zero-order valence-electron chi connectivity index (χ0n) is 10.7. The topological polar surface area (TPSA) is 30.0 Å². The highest BCUT2D eigenvalue weighted by Crippen LogP contribution is 2.28. The molecule has 1 aromatic rings. The highest BCUT2D eigenvalue weighted by Gasteiger charge is 2.22. The van der Waals surface area contributed by atoms with Crippen LogP contribution in [0.15, 0.2) is 24.5 Å². The summed E-state index contributed by atoms with van der Waals surface area (Å²) in [6.45, 7) is 8.68.